The van der Waals surface area contributed by atoms with Crippen LogP contribution >= 0.6 is 0 Å². The highest BCUT2D eigenvalue weighted by Crippen LogP contribution is 2.39. The van der Waals surface area contributed by atoms with E-state index in [4.69, 9.17) is 18.9 Å². The predicted octanol–water partition coefficient (Wildman–Crippen LogP) is 3.82. The van der Waals surface area contributed by atoms with Gasteiger partial charge in [-0.05, 0) is 107 Å². The number of aliphatic hydroxyl groups is 4. The second kappa shape index (κ2) is 19.8. The number of nitrogens with zero attached hydrogens (tertiary/aromatic N) is 1. The molecule has 1 amide bonds. The summed E-state index contributed by atoms with van der Waals surface area (Å²) in [4.78, 5) is 57.4. The van der Waals surface area contributed by atoms with Crippen LogP contribution in [0.15, 0.2) is 23.3 Å². The van der Waals surface area contributed by atoms with Gasteiger partial charge in [0.1, 0.15) is 24.0 Å². The van der Waals surface area contributed by atoms with Gasteiger partial charge in [0.2, 0.25) is 5.79 Å². The van der Waals surface area contributed by atoms with Gasteiger partial charge >= 0.3 is 5.97 Å². The number of rotatable bonds is 5. The maximum absolute atomic E-state index is 14.2. The summed E-state index contributed by atoms with van der Waals surface area (Å²) in [6.45, 7) is 11.0. The fraction of sp³-hybridized carbons (Fsp3) is 0.810. The molecule has 14 unspecified atom stereocenters. The molecule has 55 heavy (non-hydrogen) atoms. The first-order valence-electron chi connectivity index (χ1n) is 20.4. The number of hydrogen-bond acceptors (Lipinski definition) is 12. The molecule has 13 heteroatoms. The molecule has 3 fully saturated rings. The lowest BCUT2D eigenvalue weighted by atomic mass is 9.81. The van der Waals surface area contributed by atoms with E-state index in [0.29, 0.717) is 50.5 Å². The number of esters is 1. The summed E-state index contributed by atoms with van der Waals surface area (Å²) < 4.78 is 24.1. The van der Waals surface area contributed by atoms with Crippen LogP contribution in [0.2, 0.25) is 0 Å². The van der Waals surface area contributed by atoms with Crippen molar-refractivity contribution in [1.82, 2.24) is 4.90 Å². The van der Waals surface area contributed by atoms with Crippen molar-refractivity contribution in [2.45, 2.75) is 167 Å². The van der Waals surface area contributed by atoms with Crippen LogP contribution in [0.5, 0.6) is 0 Å². The Morgan fingerprint density at radius 1 is 0.927 bits per heavy atom. The third kappa shape index (κ3) is 10.5. The van der Waals surface area contributed by atoms with Crippen LogP contribution in [0.3, 0.4) is 0 Å². The highest BCUT2D eigenvalue weighted by Gasteiger charge is 2.56. The van der Waals surface area contributed by atoms with Gasteiger partial charge in [0.25, 0.3) is 11.7 Å². The minimum absolute atomic E-state index is 0.000163. The number of hydrogen-bond donors (Lipinski definition) is 4. The number of methoxy groups -OCH3 is 2. The molecule has 4 rings (SSSR count). The standard InChI is InChI=1S/C42H67NO12/c1-9-29-19-24(3)36(47)25(4)20-34(52-7)38-35(53-8)21-27(6)42(51,55-38)39(48)40(49)43-17-11-10-12-30(43)41(50)54-37(23(2)13-15-31(29)44)26(5)18-28-14-16-32(45)33(46)22-28/h18-19,23,25,27-30,32-38,45-47,51H,9-17,20-22H2,1-8H3/b24-19+,26-18?. The molecule has 3 aliphatic heterocycles. The Balaban J connectivity index is 1.76. The van der Waals surface area contributed by atoms with Gasteiger partial charge in [0.05, 0.1) is 30.5 Å². The molecule has 0 aromatic heterocycles. The quantitative estimate of drug-likeness (QED) is 0.180. The van der Waals surface area contributed by atoms with E-state index in [2.05, 4.69) is 0 Å². The van der Waals surface area contributed by atoms with Crippen molar-refractivity contribution >= 4 is 23.4 Å². The number of amides is 1. The van der Waals surface area contributed by atoms with Crippen molar-refractivity contribution in [2.75, 3.05) is 20.8 Å². The van der Waals surface area contributed by atoms with Crippen LogP contribution in [0.25, 0.3) is 0 Å². The zero-order valence-electron chi connectivity index (χ0n) is 34.1. The van der Waals surface area contributed by atoms with Gasteiger partial charge in [-0.3, -0.25) is 14.4 Å². The third-order valence-electron chi connectivity index (χ3n) is 12.8. The first-order chi connectivity index (χ1) is 26.0. The highest BCUT2D eigenvalue weighted by molar-refractivity contribution is 6.39. The zero-order valence-corrected chi connectivity index (χ0v) is 34.1. The molecule has 4 N–H and O–H groups in total. The number of carbonyl (C=O) groups excluding carboxylic acids is 4. The van der Waals surface area contributed by atoms with E-state index in [0.717, 1.165) is 5.57 Å². The number of fused-ring (bicyclic) bond motifs is 3. The Kier molecular flexibility index (Phi) is 16.2. The summed E-state index contributed by atoms with van der Waals surface area (Å²) >= 11 is 0. The van der Waals surface area contributed by atoms with Crippen LogP contribution < -0.4 is 0 Å². The summed E-state index contributed by atoms with van der Waals surface area (Å²) in [5.74, 6) is -7.54. The van der Waals surface area contributed by atoms with E-state index in [1.54, 1.807) is 13.8 Å². The predicted molar refractivity (Wildman–Crippen MR) is 203 cm³/mol. The smallest absolute Gasteiger partial charge is 0.329 e. The fourth-order valence-corrected chi connectivity index (χ4v) is 9.08. The second-order valence-electron chi connectivity index (χ2n) is 16.8. The molecule has 1 saturated carbocycles. The highest BCUT2D eigenvalue weighted by atomic mass is 16.7. The first-order valence-corrected chi connectivity index (χ1v) is 20.4. The number of piperidine rings is 1. The molecular weight excluding hydrogens is 710 g/mol. The van der Waals surface area contributed by atoms with E-state index >= 15 is 0 Å². The number of aliphatic hydroxyl groups excluding tert-OH is 3. The molecule has 13 nitrogen and oxygen atoms in total. The minimum Gasteiger partial charge on any atom is -0.456 e. The van der Waals surface area contributed by atoms with Crippen molar-refractivity contribution < 1.29 is 58.6 Å². The van der Waals surface area contributed by atoms with Gasteiger partial charge in [0.15, 0.2) is 0 Å². The Bertz CT molecular complexity index is 1410. The summed E-state index contributed by atoms with van der Waals surface area (Å²) in [5.41, 5.74) is 1.36. The lowest BCUT2D eigenvalue weighted by Crippen LogP contribution is -2.64. The van der Waals surface area contributed by atoms with Gasteiger partial charge in [-0.15, -0.1) is 0 Å². The topological polar surface area (TPSA) is 189 Å². The number of ether oxygens (including phenoxy) is 4. The van der Waals surface area contributed by atoms with Crippen LogP contribution in [0.1, 0.15) is 112 Å². The summed E-state index contributed by atoms with van der Waals surface area (Å²) in [6.07, 6.45) is 2.45. The number of cyclic esters (lactones) is 1. The molecule has 1 aliphatic carbocycles. The molecule has 3 heterocycles. The summed E-state index contributed by atoms with van der Waals surface area (Å²) in [5, 5.41) is 43.9. The average molecular weight is 778 g/mol. The molecule has 4 aliphatic rings. The minimum atomic E-state index is -2.54. The van der Waals surface area contributed by atoms with Gasteiger partial charge in [0, 0.05) is 39.0 Å². The lowest BCUT2D eigenvalue weighted by Gasteiger charge is -2.47. The summed E-state index contributed by atoms with van der Waals surface area (Å²) in [7, 11) is 2.97. The summed E-state index contributed by atoms with van der Waals surface area (Å²) in [6, 6.07) is -1.09. The Hall–Kier alpha value is -2.52. The van der Waals surface area contributed by atoms with E-state index in [9.17, 15) is 39.6 Å². The van der Waals surface area contributed by atoms with Crippen LogP contribution in [-0.4, -0.2) is 124 Å². The van der Waals surface area contributed by atoms with E-state index in [1.165, 1.54) is 19.1 Å². The zero-order chi connectivity index (χ0) is 40.8. The largest absolute Gasteiger partial charge is 0.456 e. The van der Waals surface area contributed by atoms with Gasteiger partial charge in [-0.2, -0.15) is 0 Å². The SMILES string of the molecule is CCC1/C=C(\C)C(O)C(C)CC(OC)C2OC(O)(C(=O)C(=O)N3CCCCC3C(=O)OC(C(C)=CC3CCC(O)C(O)C3)C(C)CCC1=O)C(C)CC2OC. The third-order valence-corrected chi connectivity index (χ3v) is 12.8. The van der Waals surface area contributed by atoms with Crippen molar-refractivity contribution in [3.63, 3.8) is 0 Å². The van der Waals surface area contributed by atoms with Crippen molar-refractivity contribution in [3.8, 4) is 0 Å². The molecule has 0 aromatic rings. The van der Waals surface area contributed by atoms with Crippen molar-refractivity contribution in [3.05, 3.63) is 23.3 Å². The molecule has 14 atom stereocenters. The van der Waals surface area contributed by atoms with E-state index in [-0.39, 0.29) is 49.8 Å². The average Bonchev–Trinajstić information content (AvgIpc) is 3.17. The van der Waals surface area contributed by atoms with Gasteiger partial charge in [-0.1, -0.05) is 39.8 Å². The molecule has 2 bridgehead atoms. The molecule has 0 spiro atoms. The second-order valence-corrected chi connectivity index (χ2v) is 16.8. The van der Waals surface area contributed by atoms with Crippen LogP contribution in [0.4, 0.5) is 0 Å². The molecule has 0 radical (unpaired) electrons. The molecular formula is C42H67NO12. The maximum atomic E-state index is 14.2. The number of Topliss-reactive ketones (excluding diaryl/α,β-unsaturated/α-hetero) is 2. The van der Waals surface area contributed by atoms with Crippen molar-refractivity contribution in [2.24, 2.45) is 29.6 Å². The normalized spacial score (nSPS) is 42.1. The Morgan fingerprint density at radius 2 is 1.60 bits per heavy atom. The lowest BCUT2D eigenvalue weighted by molar-refractivity contribution is -0.302. The number of allylic oxidation sites excluding steroid dienone is 2. The molecule has 0 aromatic carbocycles. The Morgan fingerprint density at radius 3 is 2.24 bits per heavy atom. The monoisotopic (exact) mass is 777 g/mol. The maximum Gasteiger partial charge on any atom is 0.329 e. The van der Waals surface area contributed by atoms with Gasteiger partial charge < -0.3 is 44.3 Å². The Labute approximate surface area is 326 Å². The molecule has 312 valence electrons. The number of ketones is 2. The fourth-order valence-electron chi connectivity index (χ4n) is 9.08. The van der Waals surface area contributed by atoms with Crippen molar-refractivity contribution in [1.29, 1.82) is 0 Å². The van der Waals surface area contributed by atoms with Crippen LogP contribution in [-0.2, 0) is 38.1 Å². The molecule has 2 saturated heterocycles. The van der Waals surface area contributed by atoms with Gasteiger partial charge in [-0.25, -0.2) is 4.79 Å². The first kappa shape index (κ1) is 45.2. The van der Waals surface area contributed by atoms with E-state index < -0.39 is 90.0 Å². The van der Waals surface area contributed by atoms with E-state index in [1.807, 2.05) is 39.8 Å². The van der Waals surface area contributed by atoms with Crippen LogP contribution in [0, 0.1) is 29.6 Å². The number of carbonyl (C=O) groups is 4.